The smallest absolute Gasteiger partial charge is 0.0540 e. The Morgan fingerprint density at radius 2 is 0.642 bits per heavy atom. The molecule has 0 aromatic heterocycles. The van der Waals surface area contributed by atoms with E-state index in [-0.39, 0.29) is 0 Å². The molecule has 9 aromatic rings. The Balaban J connectivity index is 1.14. The van der Waals surface area contributed by atoms with Gasteiger partial charge in [-0.25, -0.2) is 0 Å². The van der Waals surface area contributed by atoms with Crippen LogP contribution in [0.5, 0.6) is 0 Å². The van der Waals surface area contributed by atoms with Crippen LogP contribution in [0.2, 0.25) is 0 Å². The molecule has 53 heavy (non-hydrogen) atoms. The van der Waals surface area contributed by atoms with Crippen LogP contribution in [-0.2, 0) is 0 Å². The fourth-order valence-electron chi connectivity index (χ4n) is 7.42. The van der Waals surface area contributed by atoms with Crippen molar-refractivity contribution < 1.29 is 0 Å². The summed E-state index contributed by atoms with van der Waals surface area (Å²) in [6.07, 6.45) is 0. The molecule has 0 unspecified atom stereocenters. The zero-order chi connectivity index (χ0) is 35.4. The number of benzene rings is 9. The Morgan fingerprint density at radius 3 is 1.30 bits per heavy atom. The van der Waals surface area contributed by atoms with Crippen molar-refractivity contribution in [1.82, 2.24) is 0 Å². The third kappa shape index (κ3) is 6.53. The second kappa shape index (κ2) is 14.3. The highest BCUT2D eigenvalue weighted by Crippen LogP contribution is 2.43. The third-order valence-corrected chi connectivity index (χ3v) is 10.1. The van der Waals surface area contributed by atoms with E-state index in [1.165, 1.54) is 66.4 Å². The van der Waals surface area contributed by atoms with Gasteiger partial charge >= 0.3 is 0 Å². The summed E-state index contributed by atoms with van der Waals surface area (Å²) in [4.78, 5) is 2.39. The van der Waals surface area contributed by atoms with E-state index in [9.17, 15) is 0 Å². The van der Waals surface area contributed by atoms with Gasteiger partial charge in [0.05, 0.1) is 5.69 Å². The van der Waals surface area contributed by atoms with Crippen LogP contribution in [0.25, 0.3) is 66.4 Å². The molecule has 0 saturated heterocycles. The monoisotopic (exact) mass is 675 g/mol. The summed E-state index contributed by atoms with van der Waals surface area (Å²) >= 11 is 0. The van der Waals surface area contributed by atoms with E-state index in [1.54, 1.807) is 0 Å². The Kier molecular flexibility index (Phi) is 8.66. The van der Waals surface area contributed by atoms with Gasteiger partial charge in [-0.1, -0.05) is 182 Å². The van der Waals surface area contributed by atoms with Gasteiger partial charge < -0.3 is 4.90 Å². The number of hydrogen-bond acceptors (Lipinski definition) is 1. The molecule has 0 spiro atoms. The SMILES string of the molecule is c1ccc(-c2ccc(N(c3ccc(-c4cccc(-c5ccccc5)c4)cc3)c3ccccc3-c3cccc(-c4cccc5ccccc45)c3)cc2)cc1. The first-order chi connectivity index (χ1) is 26.3. The Hall–Kier alpha value is -6.96. The van der Waals surface area contributed by atoms with E-state index in [0.717, 1.165) is 17.1 Å². The van der Waals surface area contributed by atoms with E-state index < -0.39 is 0 Å². The summed E-state index contributed by atoms with van der Waals surface area (Å²) in [5.74, 6) is 0. The summed E-state index contributed by atoms with van der Waals surface area (Å²) in [6.45, 7) is 0. The molecular weight excluding hydrogens is 639 g/mol. The average Bonchev–Trinajstić information content (AvgIpc) is 3.25. The van der Waals surface area contributed by atoms with Crippen LogP contribution in [0.1, 0.15) is 0 Å². The molecule has 0 saturated carbocycles. The maximum Gasteiger partial charge on any atom is 0.0540 e. The standard InChI is InChI=1S/C52H37N/c1-3-14-38(15-4-1)40-28-32-47(33-29-40)53(48-34-30-41(31-35-48)44-21-11-20-43(36-44)39-16-5-2-6-17-39)52-27-10-9-25-51(52)46-23-12-22-45(37-46)50-26-13-19-42-18-7-8-24-49(42)50/h1-37H. The first-order valence-electron chi connectivity index (χ1n) is 18.2. The molecule has 0 bridgehead atoms. The number of hydrogen-bond donors (Lipinski definition) is 0. The first kappa shape index (κ1) is 32.0. The predicted molar refractivity (Wildman–Crippen MR) is 226 cm³/mol. The fraction of sp³-hybridized carbons (Fsp3) is 0. The van der Waals surface area contributed by atoms with Crippen molar-refractivity contribution >= 4 is 27.8 Å². The highest BCUT2D eigenvalue weighted by Gasteiger charge is 2.18. The Bertz CT molecular complexity index is 2640. The summed E-state index contributed by atoms with van der Waals surface area (Å²) in [5.41, 5.74) is 15.3. The van der Waals surface area contributed by atoms with Crippen molar-refractivity contribution in [2.75, 3.05) is 4.90 Å². The number of para-hydroxylation sites is 1. The zero-order valence-electron chi connectivity index (χ0n) is 29.3. The molecule has 0 amide bonds. The quantitative estimate of drug-likeness (QED) is 0.155. The van der Waals surface area contributed by atoms with Crippen LogP contribution in [0.3, 0.4) is 0 Å². The van der Waals surface area contributed by atoms with Crippen molar-refractivity contribution in [1.29, 1.82) is 0 Å². The molecule has 0 atom stereocenters. The van der Waals surface area contributed by atoms with Gasteiger partial charge in [0.2, 0.25) is 0 Å². The lowest BCUT2D eigenvalue weighted by molar-refractivity contribution is 1.28. The summed E-state index contributed by atoms with van der Waals surface area (Å²) < 4.78 is 0. The predicted octanol–water partition coefficient (Wildman–Crippen LogP) is 14.6. The number of rotatable bonds is 8. The lowest BCUT2D eigenvalue weighted by Gasteiger charge is -2.28. The molecule has 9 aromatic carbocycles. The van der Waals surface area contributed by atoms with Crippen LogP contribution in [0.4, 0.5) is 17.1 Å². The molecule has 0 aliphatic carbocycles. The normalized spacial score (nSPS) is 11.0. The van der Waals surface area contributed by atoms with Crippen LogP contribution >= 0.6 is 0 Å². The molecule has 0 aliphatic heterocycles. The van der Waals surface area contributed by atoms with Gasteiger partial charge in [-0.05, 0) is 103 Å². The maximum absolute atomic E-state index is 2.39. The summed E-state index contributed by atoms with van der Waals surface area (Å²) in [6, 6.07) is 80.8. The summed E-state index contributed by atoms with van der Waals surface area (Å²) in [7, 11) is 0. The van der Waals surface area contributed by atoms with Gasteiger partial charge in [-0.2, -0.15) is 0 Å². The number of nitrogens with zero attached hydrogens (tertiary/aromatic N) is 1. The minimum atomic E-state index is 1.10. The number of fused-ring (bicyclic) bond motifs is 1. The zero-order valence-corrected chi connectivity index (χ0v) is 29.3. The molecule has 9 rings (SSSR count). The lowest BCUT2D eigenvalue weighted by Crippen LogP contribution is -2.11. The topological polar surface area (TPSA) is 3.24 Å². The maximum atomic E-state index is 2.39. The van der Waals surface area contributed by atoms with Crippen molar-refractivity contribution in [3.05, 3.63) is 224 Å². The van der Waals surface area contributed by atoms with Gasteiger partial charge in [0.15, 0.2) is 0 Å². The minimum Gasteiger partial charge on any atom is -0.310 e. The first-order valence-corrected chi connectivity index (χ1v) is 18.2. The second-order valence-electron chi connectivity index (χ2n) is 13.4. The summed E-state index contributed by atoms with van der Waals surface area (Å²) in [5, 5.41) is 2.51. The molecule has 0 fully saturated rings. The number of anilines is 3. The van der Waals surface area contributed by atoms with E-state index in [4.69, 9.17) is 0 Å². The Labute approximate surface area is 311 Å². The second-order valence-corrected chi connectivity index (χ2v) is 13.4. The van der Waals surface area contributed by atoms with Crippen molar-refractivity contribution in [2.24, 2.45) is 0 Å². The van der Waals surface area contributed by atoms with Crippen LogP contribution in [0, 0.1) is 0 Å². The Morgan fingerprint density at radius 1 is 0.245 bits per heavy atom. The van der Waals surface area contributed by atoms with Crippen molar-refractivity contribution in [3.63, 3.8) is 0 Å². The van der Waals surface area contributed by atoms with E-state index in [1.807, 2.05) is 0 Å². The van der Waals surface area contributed by atoms with E-state index >= 15 is 0 Å². The van der Waals surface area contributed by atoms with E-state index in [0.29, 0.717) is 0 Å². The highest BCUT2D eigenvalue weighted by atomic mass is 15.1. The van der Waals surface area contributed by atoms with Crippen molar-refractivity contribution in [3.8, 4) is 55.6 Å². The lowest BCUT2D eigenvalue weighted by atomic mass is 9.94. The molecular formula is C52H37N. The molecule has 1 nitrogen and oxygen atoms in total. The molecule has 1 heteroatoms. The van der Waals surface area contributed by atoms with Gasteiger partial charge in [-0.3, -0.25) is 0 Å². The molecule has 0 heterocycles. The van der Waals surface area contributed by atoms with Crippen LogP contribution < -0.4 is 4.90 Å². The molecule has 0 N–H and O–H groups in total. The van der Waals surface area contributed by atoms with Gasteiger partial charge in [0.1, 0.15) is 0 Å². The largest absolute Gasteiger partial charge is 0.310 e. The molecule has 0 aliphatic rings. The minimum absolute atomic E-state index is 1.10. The van der Waals surface area contributed by atoms with Gasteiger partial charge in [0, 0.05) is 16.9 Å². The molecule has 250 valence electrons. The fourth-order valence-corrected chi connectivity index (χ4v) is 7.42. The highest BCUT2D eigenvalue weighted by molar-refractivity contribution is 5.98. The van der Waals surface area contributed by atoms with Gasteiger partial charge in [0.25, 0.3) is 0 Å². The van der Waals surface area contributed by atoms with Crippen LogP contribution in [-0.4, -0.2) is 0 Å². The third-order valence-electron chi connectivity index (χ3n) is 10.1. The van der Waals surface area contributed by atoms with E-state index in [2.05, 4.69) is 229 Å². The van der Waals surface area contributed by atoms with Crippen molar-refractivity contribution in [2.45, 2.75) is 0 Å². The molecule has 0 radical (unpaired) electrons. The average molecular weight is 676 g/mol. The van der Waals surface area contributed by atoms with Crippen LogP contribution in [0.15, 0.2) is 224 Å². The van der Waals surface area contributed by atoms with Gasteiger partial charge in [-0.15, -0.1) is 0 Å².